The largest absolute Gasteiger partial charge is 0.465 e. The summed E-state index contributed by atoms with van der Waals surface area (Å²) in [6.45, 7) is 4.13. The molecule has 0 aromatic heterocycles. The van der Waals surface area contributed by atoms with Crippen LogP contribution in [-0.2, 0) is 19.1 Å². The lowest BCUT2D eigenvalue weighted by atomic mass is 10.4. The Kier molecular flexibility index (Phi) is 8.77. The zero-order chi connectivity index (χ0) is 11.8. The van der Waals surface area contributed by atoms with Gasteiger partial charge in [0.2, 0.25) is 0 Å². The van der Waals surface area contributed by atoms with Crippen LogP contribution in [0.25, 0.3) is 0 Å². The maximum atomic E-state index is 11.0. The van der Waals surface area contributed by atoms with Gasteiger partial charge in [-0.15, -0.1) is 0 Å². The predicted molar refractivity (Wildman–Crippen MR) is 73.5 cm³/mol. The van der Waals surface area contributed by atoms with Crippen LogP contribution < -0.4 is 0 Å². The van der Waals surface area contributed by atoms with E-state index in [1.54, 1.807) is 13.8 Å². The molecule has 0 rings (SSSR count). The normalized spacial score (nSPS) is 14.1. The predicted octanol–water partition coefficient (Wildman–Crippen LogP) is 2.11. The molecule has 88 valence electrons. The third-order valence-corrected chi connectivity index (χ3v) is 2.44. The Morgan fingerprint density at radius 1 is 1.00 bits per heavy atom. The Morgan fingerprint density at radius 3 is 1.60 bits per heavy atom. The van der Waals surface area contributed by atoms with E-state index >= 15 is 0 Å². The summed E-state index contributed by atoms with van der Waals surface area (Å²) in [7, 11) is 0. The summed E-state index contributed by atoms with van der Waals surface area (Å²) in [6, 6.07) is 0. The fourth-order valence-electron chi connectivity index (χ4n) is 0.634. The fraction of sp³-hybridized carbons (Fsp3) is 0.778. The number of ether oxygens (including phenoxy) is 2. The fourth-order valence-corrected chi connectivity index (χ4v) is 0.994. The minimum Gasteiger partial charge on any atom is -0.465 e. The minimum absolute atomic E-state index is 0.139. The summed E-state index contributed by atoms with van der Waals surface area (Å²) in [5.41, 5.74) is 0. The van der Waals surface area contributed by atoms with Gasteiger partial charge in [0.15, 0.2) is 0 Å². The number of hydrogen-bond donors (Lipinski definition) is 0. The Hall–Kier alpha value is 0.400. The number of esters is 2. The highest BCUT2D eigenvalue weighted by Crippen LogP contribution is 2.03. The van der Waals surface area contributed by atoms with Crippen LogP contribution in [0.5, 0.6) is 0 Å². The van der Waals surface area contributed by atoms with E-state index in [9.17, 15) is 9.59 Å². The molecule has 0 fully saturated rings. The molecule has 0 amide bonds. The van der Waals surface area contributed by atoms with Crippen molar-refractivity contribution in [1.82, 2.24) is 0 Å². The summed E-state index contributed by atoms with van der Waals surface area (Å²) >= 11 is 3.98. The summed E-state index contributed by atoms with van der Waals surface area (Å²) in [4.78, 5) is 22.0. The monoisotopic (exact) mass is 440 g/mol. The highest BCUT2D eigenvalue weighted by molar-refractivity contribution is 14.1. The molecule has 0 N–H and O–H groups in total. The van der Waals surface area contributed by atoms with Gasteiger partial charge in [-0.05, 0) is 13.8 Å². The Morgan fingerprint density at radius 2 is 1.33 bits per heavy atom. The summed E-state index contributed by atoms with van der Waals surface area (Å²) in [6.07, 6.45) is 0.546. The second kappa shape index (κ2) is 8.54. The number of hydrogen-bond acceptors (Lipinski definition) is 4. The Balaban J connectivity index is 3.40. The van der Waals surface area contributed by atoms with Crippen LogP contribution in [0, 0.1) is 0 Å². The molecule has 0 aliphatic carbocycles. The van der Waals surface area contributed by atoms with Gasteiger partial charge in [-0.2, -0.15) is 0 Å². The van der Waals surface area contributed by atoms with E-state index in [1.807, 2.05) is 45.2 Å². The van der Waals surface area contributed by atoms with Gasteiger partial charge in [0, 0.05) is 6.42 Å². The topological polar surface area (TPSA) is 52.6 Å². The maximum absolute atomic E-state index is 11.0. The van der Waals surface area contributed by atoms with E-state index in [1.165, 1.54) is 0 Å². The van der Waals surface area contributed by atoms with Crippen molar-refractivity contribution < 1.29 is 19.1 Å². The first-order chi connectivity index (χ1) is 6.95. The number of carbonyl (C=O) groups is 2. The highest BCUT2D eigenvalue weighted by Gasteiger charge is 2.11. The molecule has 0 radical (unpaired) electrons. The van der Waals surface area contributed by atoms with E-state index in [-0.39, 0.29) is 19.8 Å². The lowest BCUT2D eigenvalue weighted by molar-refractivity contribution is -0.144. The first-order valence-corrected chi connectivity index (χ1v) is 7.05. The van der Waals surface area contributed by atoms with Gasteiger partial charge in [0.25, 0.3) is 0 Å². The number of alkyl halides is 2. The van der Waals surface area contributed by atoms with Gasteiger partial charge in [0.05, 0.1) is 13.2 Å². The zero-order valence-electron chi connectivity index (χ0n) is 8.66. The van der Waals surface area contributed by atoms with Crippen molar-refractivity contribution in [1.29, 1.82) is 0 Å². The standard InChI is InChI=1S/C9H14I2O4/c1-6(10)8(12)14-4-3-5-15-9(13)7(2)11/h6-7H,3-5H2,1-2H3. The zero-order valence-corrected chi connectivity index (χ0v) is 13.0. The number of halogens is 2. The molecular weight excluding hydrogens is 426 g/mol. The van der Waals surface area contributed by atoms with Crippen molar-refractivity contribution in [2.75, 3.05) is 13.2 Å². The van der Waals surface area contributed by atoms with Crippen molar-refractivity contribution in [2.45, 2.75) is 28.1 Å². The van der Waals surface area contributed by atoms with Crippen molar-refractivity contribution in [3.63, 3.8) is 0 Å². The first-order valence-electron chi connectivity index (χ1n) is 4.56. The molecule has 0 spiro atoms. The van der Waals surface area contributed by atoms with Crippen LogP contribution in [0.15, 0.2) is 0 Å². The van der Waals surface area contributed by atoms with Gasteiger partial charge in [0.1, 0.15) is 7.85 Å². The number of carbonyl (C=O) groups excluding carboxylic acids is 2. The lowest BCUT2D eigenvalue weighted by Crippen LogP contribution is -2.18. The Labute approximate surface area is 117 Å². The molecule has 0 saturated carbocycles. The summed E-state index contributed by atoms with van der Waals surface area (Å²) in [5, 5.41) is 0. The van der Waals surface area contributed by atoms with E-state index in [4.69, 9.17) is 9.47 Å². The molecule has 2 unspecified atom stereocenters. The average molecular weight is 440 g/mol. The van der Waals surface area contributed by atoms with Gasteiger partial charge >= 0.3 is 11.9 Å². The smallest absolute Gasteiger partial charge is 0.318 e. The Bertz CT molecular complexity index is 194. The van der Waals surface area contributed by atoms with Crippen LogP contribution in [0.3, 0.4) is 0 Å². The van der Waals surface area contributed by atoms with Crippen LogP contribution >= 0.6 is 45.2 Å². The van der Waals surface area contributed by atoms with Crippen LogP contribution in [0.2, 0.25) is 0 Å². The van der Waals surface area contributed by atoms with Gasteiger partial charge in [-0.1, -0.05) is 45.2 Å². The first kappa shape index (κ1) is 15.4. The molecular formula is C9H14I2O4. The van der Waals surface area contributed by atoms with Crippen molar-refractivity contribution in [2.24, 2.45) is 0 Å². The van der Waals surface area contributed by atoms with E-state index < -0.39 is 0 Å². The van der Waals surface area contributed by atoms with Gasteiger partial charge in [-0.25, -0.2) is 0 Å². The molecule has 4 nitrogen and oxygen atoms in total. The molecule has 0 saturated heterocycles. The third-order valence-electron chi connectivity index (χ3n) is 1.43. The molecule has 15 heavy (non-hydrogen) atoms. The molecule has 0 aromatic carbocycles. The molecule has 0 aliphatic rings. The van der Waals surface area contributed by atoms with E-state index in [2.05, 4.69) is 0 Å². The SMILES string of the molecule is CC(I)C(=O)OCCCOC(=O)C(C)I. The van der Waals surface area contributed by atoms with Gasteiger partial charge < -0.3 is 9.47 Å². The van der Waals surface area contributed by atoms with Gasteiger partial charge in [-0.3, -0.25) is 9.59 Å². The summed E-state index contributed by atoms with van der Waals surface area (Å²) in [5.74, 6) is -0.464. The average Bonchev–Trinajstić information content (AvgIpc) is 2.16. The van der Waals surface area contributed by atoms with Crippen LogP contribution in [0.1, 0.15) is 20.3 Å². The molecule has 0 bridgehead atoms. The molecule has 2 atom stereocenters. The highest BCUT2D eigenvalue weighted by atomic mass is 127. The molecule has 0 aromatic rings. The number of rotatable bonds is 6. The second-order valence-corrected chi connectivity index (χ2v) is 6.66. The molecule has 0 aliphatic heterocycles. The third kappa shape index (κ3) is 8.23. The quantitative estimate of drug-likeness (QED) is 0.275. The van der Waals surface area contributed by atoms with Crippen molar-refractivity contribution >= 4 is 57.1 Å². The van der Waals surface area contributed by atoms with E-state index in [0.717, 1.165) is 0 Å². The molecule has 0 heterocycles. The van der Waals surface area contributed by atoms with Crippen molar-refractivity contribution in [3.8, 4) is 0 Å². The molecule has 6 heteroatoms. The van der Waals surface area contributed by atoms with Crippen LogP contribution in [-0.4, -0.2) is 33.0 Å². The lowest BCUT2D eigenvalue weighted by Gasteiger charge is -2.07. The second-order valence-electron chi connectivity index (χ2n) is 2.92. The van der Waals surface area contributed by atoms with Crippen molar-refractivity contribution in [3.05, 3.63) is 0 Å². The maximum Gasteiger partial charge on any atom is 0.318 e. The minimum atomic E-state index is -0.232. The van der Waals surface area contributed by atoms with Crippen LogP contribution in [0.4, 0.5) is 0 Å². The summed E-state index contributed by atoms with van der Waals surface area (Å²) < 4.78 is 9.53. The van der Waals surface area contributed by atoms with E-state index in [0.29, 0.717) is 19.6 Å².